The lowest BCUT2D eigenvalue weighted by atomic mass is 10.0. The van der Waals surface area contributed by atoms with E-state index in [1.807, 2.05) is 0 Å². The summed E-state index contributed by atoms with van der Waals surface area (Å²) in [6.45, 7) is 1.35. The van der Waals surface area contributed by atoms with Crippen LogP contribution in [0.5, 0.6) is 5.75 Å². The summed E-state index contributed by atoms with van der Waals surface area (Å²) in [5.74, 6) is -2.23. The molecule has 25 heavy (non-hydrogen) atoms. The fourth-order valence-corrected chi connectivity index (χ4v) is 2.04. The van der Waals surface area contributed by atoms with Crippen LogP contribution < -0.4 is 5.43 Å². The summed E-state index contributed by atoms with van der Waals surface area (Å²) >= 11 is 0. The quantitative estimate of drug-likeness (QED) is 0.278. The summed E-state index contributed by atoms with van der Waals surface area (Å²) in [7, 11) is 0. The van der Waals surface area contributed by atoms with Gasteiger partial charge in [-0.25, -0.2) is 9.18 Å². The number of phenols is 1. The molecule has 4 N–H and O–H groups in total. The highest BCUT2D eigenvalue weighted by Gasteiger charge is 2.14. The Labute approximate surface area is 141 Å². The van der Waals surface area contributed by atoms with Crippen LogP contribution in [-0.4, -0.2) is 33.9 Å². The van der Waals surface area contributed by atoms with Gasteiger partial charge in [0.15, 0.2) is 6.29 Å². The SMILES string of the molecule is CC(=N)/C(C=O)=N/Nc1cc(F)cc(-c2cccc(C(=O)O)c2)c1O. The minimum atomic E-state index is -1.15. The fraction of sp³-hybridized carbons (Fsp3) is 0.0588. The van der Waals surface area contributed by atoms with Crippen LogP contribution in [0.25, 0.3) is 11.1 Å². The van der Waals surface area contributed by atoms with Crippen molar-refractivity contribution < 1.29 is 24.2 Å². The van der Waals surface area contributed by atoms with Crippen molar-refractivity contribution in [2.75, 3.05) is 5.43 Å². The number of hydrogen-bond acceptors (Lipinski definition) is 6. The number of aromatic carboxylic acids is 1. The Kier molecular flexibility index (Phi) is 5.23. The van der Waals surface area contributed by atoms with Gasteiger partial charge in [-0.05, 0) is 30.7 Å². The number of carboxylic acids is 1. The van der Waals surface area contributed by atoms with Gasteiger partial charge in [0.25, 0.3) is 0 Å². The van der Waals surface area contributed by atoms with E-state index in [0.717, 1.165) is 12.1 Å². The normalized spacial score (nSPS) is 11.0. The van der Waals surface area contributed by atoms with Crippen molar-refractivity contribution in [2.24, 2.45) is 5.10 Å². The molecule has 0 atom stereocenters. The van der Waals surface area contributed by atoms with Gasteiger partial charge in [-0.2, -0.15) is 5.10 Å². The Morgan fingerprint density at radius 2 is 2.04 bits per heavy atom. The van der Waals surface area contributed by atoms with Crippen molar-refractivity contribution in [3.63, 3.8) is 0 Å². The molecule has 0 spiro atoms. The maximum Gasteiger partial charge on any atom is 0.335 e. The fourth-order valence-electron chi connectivity index (χ4n) is 2.04. The Bertz CT molecular complexity index is 893. The third-order valence-electron chi connectivity index (χ3n) is 3.29. The standard InChI is InChI=1S/C17H14FN3O4/c1-9(19)15(8-22)21-20-14-7-12(18)6-13(16(14)23)10-3-2-4-11(5-10)17(24)25/h2-8,19-20,23H,1H3,(H,24,25)/b19-9?,21-15+. The van der Waals surface area contributed by atoms with Crippen LogP contribution in [0.2, 0.25) is 0 Å². The van der Waals surface area contributed by atoms with Crippen molar-refractivity contribution in [2.45, 2.75) is 6.92 Å². The Morgan fingerprint density at radius 1 is 1.32 bits per heavy atom. The first-order valence-electron chi connectivity index (χ1n) is 7.04. The number of nitrogens with one attached hydrogen (secondary N) is 2. The number of carbonyl (C=O) groups excluding carboxylic acids is 1. The number of carboxylic acid groups (broad SMARTS) is 1. The number of aromatic hydroxyl groups is 1. The second-order valence-electron chi connectivity index (χ2n) is 5.09. The minimum Gasteiger partial charge on any atom is -0.505 e. The van der Waals surface area contributed by atoms with E-state index in [1.165, 1.54) is 31.2 Å². The molecule has 0 aliphatic carbocycles. The molecule has 2 aromatic carbocycles. The van der Waals surface area contributed by atoms with Crippen molar-refractivity contribution in [1.82, 2.24) is 0 Å². The molecule has 0 amide bonds. The summed E-state index contributed by atoms with van der Waals surface area (Å²) in [5.41, 5.74) is 2.23. The molecule has 0 fully saturated rings. The number of hydrazone groups is 1. The molecule has 0 saturated heterocycles. The Hall–Kier alpha value is -3.55. The van der Waals surface area contributed by atoms with Gasteiger partial charge in [-0.3, -0.25) is 10.2 Å². The molecule has 0 radical (unpaired) electrons. The first kappa shape index (κ1) is 17.8. The zero-order chi connectivity index (χ0) is 18.6. The number of rotatable bonds is 6. The summed E-state index contributed by atoms with van der Waals surface area (Å²) in [6.07, 6.45) is 0.350. The Morgan fingerprint density at radius 3 is 2.64 bits per heavy atom. The van der Waals surface area contributed by atoms with Crippen LogP contribution in [-0.2, 0) is 4.79 Å². The predicted molar refractivity (Wildman–Crippen MR) is 91.0 cm³/mol. The second-order valence-corrected chi connectivity index (χ2v) is 5.09. The summed E-state index contributed by atoms with van der Waals surface area (Å²) in [6, 6.07) is 7.67. The number of halogens is 1. The molecule has 0 heterocycles. The predicted octanol–water partition coefficient (Wildman–Crippen LogP) is 2.90. The van der Waals surface area contributed by atoms with E-state index in [1.54, 1.807) is 0 Å². The first-order chi connectivity index (χ1) is 11.8. The van der Waals surface area contributed by atoms with Gasteiger partial charge in [-0.1, -0.05) is 12.1 Å². The molecule has 0 aliphatic rings. The highest BCUT2D eigenvalue weighted by Crippen LogP contribution is 2.37. The molecule has 0 saturated carbocycles. The van der Waals surface area contributed by atoms with E-state index in [2.05, 4.69) is 10.5 Å². The molecule has 2 rings (SSSR count). The number of phenolic OH excluding ortho intramolecular Hbond substituents is 1. The summed E-state index contributed by atoms with van der Waals surface area (Å²) in [4.78, 5) is 21.9. The van der Waals surface area contributed by atoms with Gasteiger partial charge in [0.1, 0.15) is 23.0 Å². The van der Waals surface area contributed by atoms with Crippen molar-refractivity contribution in [1.29, 1.82) is 5.41 Å². The number of carbonyl (C=O) groups is 2. The molecular weight excluding hydrogens is 329 g/mol. The molecule has 0 aromatic heterocycles. The lowest BCUT2D eigenvalue weighted by Crippen LogP contribution is -2.12. The molecule has 8 heteroatoms. The monoisotopic (exact) mass is 343 g/mol. The molecular formula is C17H14FN3O4. The van der Waals surface area contributed by atoms with Crippen molar-refractivity contribution in [3.05, 3.63) is 47.8 Å². The van der Waals surface area contributed by atoms with E-state index < -0.39 is 11.8 Å². The second kappa shape index (κ2) is 7.35. The molecule has 128 valence electrons. The van der Waals surface area contributed by atoms with Gasteiger partial charge in [0.05, 0.1) is 11.3 Å². The van der Waals surface area contributed by atoms with Gasteiger partial charge in [0.2, 0.25) is 0 Å². The van der Waals surface area contributed by atoms with Gasteiger partial charge >= 0.3 is 5.97 Å². The van der Waals surface area contributed by atoms with E-state index in [-0.39, 0.29) is 34.0 Å². The minimum absolute atomic E-state index is 0.0173. The number of nitrogens with zero attached hydrogens (tertiary/aromatic N) is 1. The number of hydrogen-bond donors (Lipinski definition) is 4. The van der Waals surface area contributed by atoms with E-state index >= 15 is 0 Å². The third kappa shape index (κ3) is 4.05. The average molecular weight is 343 g/mol. The summed E-state index contributed by atoms with van der Waals surface area (Å²) < 4.78 is 13.9. The molecule has 7 nitrogen and oxygen atoms in total. The number of benzene rings is 2. The maximum absolute atomic E-state index is 13.9. The van der Waals surface area contributed by atoms with Crippen LogP contribution in [0.15, 0.2) is 41.5 Å². The van der Waals surface area contributed by atoms with Crippen molar-refractivity contribution in [3.8, 4) is 16.9 Å². The van der Waals surface area contributed by atoms with Gasteiger partial charge < -0.3 is 15.6 Å². The van der Waals surface area contributed by atoms with E-state index in [4.69, 9.17) is 10.5 Å². The van der Waals surface area contributed by atoms with E-state index in [0.29, 0.717) is 11.8 Å². The van der Waals surface area contributed by atoms with Crippen LogP contribution in [0, 0.1) is 11.2 Å². The molecule has 0 unspecified atom stereocenters. The molecule has 0 bridgehead atoms. The maximum atomic E-state index is 13.9. The lowest BCUT2D eigenvalue weighted by molar-refractivity contribution is -0.102. The van der Waals surface area contributed by atoms with Crippen LogP contribution in [0.1, 0.15) is 17.3 Å². The summed E-state index contributed by atoms with van der Waals surface area (Å²) in [5, 5.41) is 30.4. The van der Waals surface area contributed by atoms with Gasteiger partial charge in [-0.15, -0.1) is 0 Å². The molecule has 0 aliphatic heterocycles. The smallest absolute Gasteiger partial charge is 0.335 e. The third-order valence-corrected chi connectivity index (χ3v) is 3.29. The molecule has 2 aromatic rings. The largest absolute Gasteiger partial charge is 0.505 e. The van der Waals surface area contributed by atoms with Crippen LogP contribution >= 0.6 is 0 Å². The highest BCUT2D eigenvalue weighted by atomic mass is 19.1. The number of anilines is 1. The average Bonchev–Trinajstić information content (AvgIpc) is 2.57. The Balaban J connectivity index is 2.50. The van der Waals surface area contributed by atoms with E-state index in [9.17, 15) is 19.1 Å². The zero-order valence-electron chi connectivity index (χ0n) is 13.1. The van der Waals surface area contributed by atoms with Crippen LogP contribution in [0.4, 0.5) is 10.1 Å². The number of aldehydes is 1. The first-order valence-corrected chi connectivity index (χ1v) is 7.04. The lowest BCUT2D eigenvalue weighted by Gasteiger charge is -2.11. The van der Waals surface area contributed by atoms with Crippen LogP contribution in [0.3, 0.4) is 0 Å². The highest BCUT2D eigenvalue weighted by molar-refractivity contribution is 6.60. The zero-order valence-corrected chi connectivity index (χ0v) is 13.1. The van der Waals surface area contributed by atoms with Gasteiger partial charge in [0, 0.05) is 11.6 Å². The topological polar surface area (TPSA) is 123 Å². The van der Waals surface area contributed by atoms with Crippen molar-refractivity contribution >= 4 is 29.4 Å².